The normalized spacial score (nSPS) is 15.8. The van der Waals surface area contributed by atoms with Crippen LogP contribution in [-0.4, -0.2) is 26.2 Å². The van der Waals surface area contributed by atoms with Crippen LogP contribution in [0, 0.1) is 0 Å². The molecule has 0 saturated heterocycles. The first-order valence-corrected chi connectivity index (χ1v) is 7.60. The van der Waals surface area contributed by atoms with Gasteiger partial charge in [-0.3, -0.25) is 0 Å². The predicted molar refractivity (Wildman–Crippen MR) is 87.0 cm³/mol. The fourth-order valence-electron chi connectivity index (χ4n) is 2.90. The van der Waals surface area contributed by atoms with Crippen molar-refractivity contribution >= 4 is 5.69 Å². The average molecular weight is 282 g/mol. The molecule has 0 fully saturated rings. The number of hydrogen-bond donors (Lipinski definition) is 1. The summed E-state index contributed by atoms with van der Waals surface area (Å²) in [7, 11) is 0. The molecule has 3 nitrogen and oxygen atoms in total. The van der Waals surface area contributed by atoms with Crippen molar-refractivity contribution in [1.82, 2.24) is 0 Å². The largest absolute Gasteiger partial charge is 0.491 e. The Morgan fingerprint density at radius 2 is 1.81 bits per heavy atom. The minimum absolute atomic E-state index is 0.345. The third-order valence-corrected chi connectivity index (χ3v) is 4.03. The molecule has 0 aliphatic carbocycles. The van der Waals surface area contributed by atoms with Crippen molar-refractivity contribution < 1.29 is 4.74 Å². The first-order valence-electron chi connectivity index (χ1n) is 7.60. The van der Waals surface area contributed by atoms with Crippen LogP contribution in [0.25, 0.3) is 0 Å². The number of para-hydroxylation sites is 2. The maximum Gasteiger partial charge on any atom is 0.142 e. The molecule has 3 heteroatoms. The first kappa shape index (κ1) is 14.0. The van der Waals surface area contributed by atoms with E-state index in [1.54, 1.807) is 0 Å². The number of hydrogen-bond acceptors (Lipinski definition) is 3. The van der Waals surface area contributed by atoms with Crippen molar-refractivity contribution in [3.8, 4) is 5.75 Å². The van der Waals surface area contributed by atoms with Gasteiger partial charge < -0.3 is 15.4 Å². The number of rotatable bonds is 4. The lowest BCUT2D eigenvalue weighted by molar-refractivity contribution is 0.322. The summed E-state index contributed by atoms with van der Waals surface area (Å²) < 4.78 is 5.83. The third-order valence-electron chi connectivity index (χ3n) is 4.03. The maximum atomic E-state index is 6.02. The van der Waals surface area contributed by atoms with Gasteiger partial charge in [-0.05, 0) is 24.1 Å². The Balaban J connectivity index is 1.83. The van der Waals surface area contributed by atoms with Crippen LogP contribution in [0.3, 0.4) is 0 Å². The molecule has 2 aromatic rings. The fourth-order valence-corrected chi connectivity index (χ4v) is 2.90. The zero-order valence-electron chi connectivity index (χ0n) is 12.2. The van der Waals surface area contributed by atoms with Crippen LogP contribution in [0.5, 0.6) is 5.75 Å². The van der Waals surface area contributed by atoms with Gasteiger partial charge in [-0.15, -0.1) is 0 Å². The molecule has 0 bridgehead atoms. The summed E-state index contributed by atoms with van der Waals surface area (Å²) >= 11 is 0. The Labute approximate surface area is 126 Å². The van der Waals surface area contributed by atoms with Gasteiger partial charge in [-0.25, -0.2) is 0 Å². The van der Waals surface area contributed by atoms with Gasteiger partial charge in [0.1, 0.15) is 5.75 Å². The lowest BCUT2D eigenvalue weighted by Crippen LogP contribution is -2.32. The Kier molecular flexibility index (Phi) is 4.41. The monoisotopic (exact) mass is 282 g/mol. The van der Waals surface area contributed by atoms with E-state index in [-0.39, 0.29) is 0 Å². The average Bonchev–Trinajstić information content (AvgIpc) is 2.76. The molecule has 2 N–H and O–H groups in total. The molecule has 0 aromatic heterocycles. The van der Waals surface area contributed by atoms with Gasteiger partial charge in [-0.1, -0.05) is 42.5 Å². The van der Waals surface area contributed by atoms with Gasteiger partial charge in [0, 0.05) is 25.6 Å². The molecule has 0 saturated carbocycles. The number of anilines is 1. The van der Waals surface area contributed by atoms with Crippen molar-refractivity contribution in [2.75, 3.05) is 31.1 Å². The van der Waals surface area contributed by atoms with Crippen LogP contribution in [0.4, 0.5) is 5.69 Å². The highest BCUT2D eigenvalue weighted by Crippen LogP contribution is 2.32. The number of fused-ring (bicyclic) bond motifs is 1. The van der Waals surface area contributed by atoms with Gasteiger partial charge in [0.05, 0.1) is 12.3 Å². The Morgan fingerprint density at radius 1 is 1.05 bits per heavy atom. The van der Waals surface area contributed by atoms with Crippen molar-refractivity contribution in [2.24, 2.45) is 5.73 Å². The van der Waals surface area contributed by atoms with Gasteiger partial charge in [0.15, 0.2) is 0 Å². The lowest BCUT2D eigenvalue weighted by Gasteiger charge is -2.28. The smallest absolute Gasteiger partial charge is 0.142 e. The molecule has 1 atom stereocenters. The number of nitrogens with two attached hydrogens (primary N) is 1. The van der Waals surface area contributed by atoms with Crippen LogP contribution in [-0.2, 0) is 0 Å². The van der Waals surface area contributed by atoms with E-state index in [1.165, 1.54) is 11.3 Å². The van der Waals surface area contributed by atoms with Crippen LogP contribution >= 0.6 is 0 Å². The molecule has 3 rings (SSSR count). The van der Waals surface area contributed by atoms with Crippen molar-refractivity contribution in [3.05, 3.63) is 60.2 Å². The molecule has 0 spiro atoms. The van der Waals surface area contributed by atoms with Gasteiger partial charge in [0.25, 0.3) is 0 Å². The van der Waals surface area contributed by atoms with Gasteiger partial charge >= 0.3 is 0 Å². The van der Waals surface area contributed by atoms with E-state index in [1.807, 2.05) is 18.2 Å². The molecule has 0 amide bonds. The highest BCUT2D eigenvalue weighted by Gasteiger charge is 2.20. The summed E-state index contributed by atoms with van der Waals surface area (Å²) in [5, 5.41) is 0. The summed E-state index contributed by atoms with van der Waals surface area (Å²) in [6.07, 6.45) is 1.04. The number of ether oxygens (including phenoxy) is 1. The van der Waals surface area contributed by atoms with Crippen LogP contribution < -0.4 is 15.4 Å². The second-order valence-electron chi connectivity index (χ2n) is 5.46. The van der Waals surface area contributed by atoms with Gasteiger partial charge in [-0.2, -0.15) is 0 Å². The highest BCUT2D eigenvalue weighted by molar-refractivity contribution is 5.59. The molecule has 2 aromatic carbocycles. The minimum atomic E-state index is 0.345. The predicted octanol–water partition coefficient (Wildman–Crippen LogP) is 3.02. The Bertz CT molecular complexity index is 570. The summed E-state index contributed by atoms with van der Waals surface area (Å²) in [5.41, 5.74) is 8.52. The quantitative estimate of drug-likeness (QED) is 0.937. The molecule has 0 radical (unpaired) electrons. The van der Waals surface area contributed by atoms with Crippen LogP contribution in [0.1, 0.15) is 17.9 Å². The lowest BCUT2D eigenvalue weighted by atomic mass is 9.98. The molecular formula is C18H22N2O. The van der Waals surface area contributed by atoms with Crippen molar-refractivity contribution in [1.29, 1.82) is 0 Å². The number of nitrogens with zero attached hydrogens (tertiary/aromatic N) is 1. The Morgan fingerprint density at radius 3 is 2.62 bits per heavy atom. The standard InChI is InChI=1S/C18H22N2O/c19-13-16(15-7-2-1-3-8-15)14-20-11-6-12-21-18-10-5-4-9-17(18)20/h1-5,7-10,16H,6,11-14,19H2. The molecule has 21 heavy (non-hydrogen) atoms. The van der Waals surface area contributed by atoms with Crippen LogP contribution in [0.2, 0.25) is 0 Å². The van der Waals surface area contributed by atoms with E-state index in [0.29, 0.717) is 12.5 Å². The van der Waals surface area contributed by atoms with E-state index in [9.17, 15) is 0 Å². The molecule has 1 aliphatic rings. The molecular weight excluding hydrogens is 260 g/mol. The second kappa shape index (κ2) is 6.64. The maximum absolute atomic E-state index is 6.02. The molecule has 1 aliphatic heterocycles. The third kappa shape index (κ3) is 3.19. The van der Waals surface area contributed by atoms with E-state index < -0.39 is 0 Å². The second-order valence-corrected chi connectivity index (χ2v) is 5.46. The van der Waals surface area contributed by atoms with Gasteiger partial charge in [0.2, 0.25) is 0 Å². The summed E-state index contributed by atoms with van der Waals surface area (Å²) in [4.78, 5) is 2.41. The van der Waals surface area contributed by atoms with Crippen molar-refractivity contribution in [3.63, 3.8) is 0 Å². The van der Waals surface area contributed by atoms with E-state index in [0.717, 1.165) is 31.9 Å². The van der Waals surface area contributed by atoms with E-state index in [2.05, 4.69) is 41.3 Å². The highest BCUT2D eigenvalue weighted by atomic mass is 16.5. The topological polar surface area (TPSA) is 38.5 Å². The molecule has 110 valence electrons. The zero-order chi connectivity index (χ0) is 14.5. The SMILES string of the molecule is NCC(CN1CCCOc2ccccc21)c1ccccc1. The summed E-state index contributed by atoms with van der Waals surface area (Å²) in [6.45, 7) is 3.39. The zero-order valence-corrected chi connectivity index (χ0v) is 12.2. The fraction of sp³-hybridized carbons (Fsp3) is 0.333. The van der Waals surface area contributed by atoms with Crippen LogP contribution in [0.15, 0.2) is 54.6 Å². The van der Waals surface area contributed by atoms with E-state index in [4.69, 9.17) is 10.5 Å². The first-order chi connectivity index (χ1) is 10.4. The molecule has 1 heterocycles. The molecule has 1 unspecified atom stereocenters. The summed E-state index contributed by atoms with van der Waals surface area (Å²) in [6, 6.07) is 18.8. The minimum Gasteiger partial charge on any atom is -0.491 e. The van der Waals surface area contributed by atoms with E-state index >= 15 is 0 Å². The Hall–Kier alpha value is -2.00. The summed E-state index contributed by atoms with van der Waals surface area (Å²) in [5.74, 6) is 1.33. The van der Waals surface area contributed by atoms with Crippen molar-refractivity contribution in [2.45, 2.75) is 12.3 Å². The number of benzene rings is 2.